The first kappa shape index (κ1) is 37.2. The molecule has 0 bridgehead atoms. The van der Waals surface area contributed by atoms with Crippen LogP contribution >= 0.6 is 0 Å². The predicted molar refractivity (Wildman–Crippen MR) is 84.9 cm³/mol. The third-order valence-corrected chi connectivity index (χ3v) is 4.03. The number of carboxylic acid groups (broad SMARTS) is 3. The summed E-state index contributed by atoms with van der Waals surface area (Å²) in [6.45, 7) is 2.15. The summed E-state index contributed by atoms with van der Waals surface area (Å²) in [5.41, 5.74) is -2.81. The number of hydrogen-bond acceptors (Lipinski definition) is 8. The summed E-state index contributed by atoms with van der Waals surface area (Å²) in [5, 5.41) is 32.6. The fourth-order valence-electron chi connectivity index (χ4n) is 2.64. The Labute approximate surface area is 238 Å². The number of carbonyl (C=O) groups excluding carboxylic acids is 4. The number of carboxylic acids is 3. The molecule has 29 heavy (non-hydrogen) atoms. The van der Waals surface area contributed by atoms with Crippen molar-refractivity contribution in [1.29, 1.82) is 0 Å². The van der Waals surface area contributed by atoms with Crippen molar-refractivity contribution in [2.24, 2.45) is 0 Å². The number of aliphatic carboxylic acids is 3. The van der Waals surface area contributed by atoms with Crippen molar-refractivity contribution in [3.63, 3.8) is 0 Å². The van der Waals surface area contributed by atoms with Crippen LogP contribution in [0.1, 0.15) is 84.0 Å². The summed E-state index contributed by atoms with van der Waals surface area (Å²) < 4.78 is 4.65. The van der Waals surface area contributed by atoms with Crippen LogP contribution in [0, 0.1) is 0 Å². The smallest absolute Gasteiger partial charge is 0.550 e. The van der Waals surface area contributed by atoms with Crippen molar-refractivity contribution in [2.45, 2.75) is 89.6 Å². The van der Waals surface area contributed by atoms with Crippen LogP contribution in [0.25, 0.3) is 0 Å². The van der Waals surface area contributed by atoms with Gasteiger partial charge in [-0.1, -0.05) is 58.3 Å². The zero-order valence-electron chi connectivity index (χ0n) is 18.3. The topological polar surface area (TPSA) is 147 Å². The molecular weight excluding hydrogens is 413 g/mol. The van der Waals surface area contributed by atoms with E-state index in [-0.39, 0.29) is 95.1 Å². The number of hydrogen-bond donors (Lipinski definition) is 0. The van der Waals surface area contributed by atoms with Crippen molar-refractivity contribution >= 4 is 23.9 Å². The van der Waals surface area contributed by atoms with E-state index in [9.17, 15) is 34.5 Å². The molecule has 8 nitrogen and oxygen atoms in total. The first-order valence-corrected chi connectivity index (χ1v) is 9.06. The molecule has 0 N–H and O–H groups in total. The quantitative estimate of drug-likeness (QED) is 0.131. The summed E-state index contributed by atoms with van der Waals surface area (Å²) in [6.07, 6.45) is 6.30. The molecule has 0 aliphatic rings. The standard InChI is InChI=1S/C18H30O8.3Na/c1-2-3-4-5-6-7-8-9-10-11-16(23)26-18(17(24)25,12-14(19)20)13-15(21)22;;;/h2-13H2,1H3,(H,19,20)(H,21,22)(H,24,25);;;/q;3*+1/p-3. The van der Waals surface area contributed by atoms with Crippen LogP contribution in [0.3, 0.4) is 0 Å². The molecule has 0 saturated heterocycles. The number of ether oxygens (including phenoxy) is 1. The van der Waals surface area contributed by atoms with Crippen molar-refractivity contribution in [2.75, 3.05) is 0 Å². The van der Waals surface area contributed by atoms with Gasteiger partial charge in [-0.25, -0.2) is 0 Å². The molecule has 0 aliphatic heterocycles. The molecule has 0 spiro atoms. The second-order valence-electron chi connectivity index (χ2n) is 6.43. The van der Waals surface area contributed by atoms with Gasteiger partial charge in [0.05, 0.1) is 5.97 Å². The fraction of sp³-hybridized carbons (Fsp3) is 0.778. The van der Waals surface area contributed by atoms with Gasteiger partial charge in [0.15, 0.2) is 5.60 Å². The van der Waals surface area contributed by atoms with E-state index in [4.69, 9.17) is 0 Å². The first-order chi connectivity index (χ1) is 12.2. The second kappa shape index (κ2) is 22.1. The summed E-state index contributed by atoms with van der Waals surface area (Å²) >= 11 is 0. The van der Waals surface area contributed by atoms with Gasteiger partial charge in [0.2, 0.25) is 0 Å². The molecular formula is C18H27Na3O8. The zero-order valence-corrected chi connectivity index (χ0v) is 24.3. The van der Waals surface area contributed by atoms with E-state index in [1.165, 1.54) is 25.7 Å². The minimum absolute atomic E-state index is 0. The average molecular weight is 440 g/mol. The maximum Gasteiger partial charge on any atom is 1.00 e. The van der Waals surface area contributed by atoms with E-state index in [1.807, 2.05) is 0 Å². The van der Waals surface area contributed by atoms with Crippen LogP contribution in [-0.4, -0.2) is 29.5 Å². The van der Waals surface area contributed by atoms with Crippen molar-refractivity contribution in [3.8, 4) is 0 Å². The Balaban J connectivity index is -0.00000104. The predicted octanol–water partition coefficient (Wildman–Crippen LogP) is -9.77. The van der Waals surface area contributed by atoms with Crippen LogP contribution in [0.4, 0.5) is 0 Å². The number of rotatable bonds is 16. The zero-order chi connectivity index (χ0) is 20.0. The first-order valence-electron chi connectivity index (χ1n) is 9.06. The minimum atomic E-state index is -2.81. The van der Waals surface area contributed by atoms with Crippen LogP contribution < -0.4 is 104 Å². The molecule has 0 aliphatic carbocycles. The molecule has 0 saturated carbocycles. The molecule has 0 heterocycles. The molecule has 150 valence electrons. The fourth-order valence-corrected chi connectivity index (χ4v) is 2.64. The van der Waals surface area contributed by atoms with Crippen LogP contribution in [0.5, 0.6) is 0 Å². The third kappa shape index (κ3) is 19.3. The van der Waals surface area contributed by atoms with Gasteiger partial charge in [0, 0.05) is 31.2 Å². The minimum Gasteiger partial charge on any atom is -0.550 e. The van der Waals surface area contributed by atoms with Gasteiger partial charge in [-0.2, -0.15) is 0 Å². The molecule has 0 rings (SSSR count). The molecule has 0 atom stereocenters. The number of esters is 1. The normalized spacial score (nSPS) is 9.97. The van der Waals surface area contributed by atoms with Gasteiger partial charge in [0.25, 0.3) is 0 Å². The Morgan fingerprint density at radius 3 is 1.41 bits per heavy atom. The van der Waals surface area contributed by atoms with Gasteiger partial charge in [-0.3, -0.25) is 4.79 Å². The van der Waals surface area contributed by atoms with E-state index < -0.39 is 42.3 Å². The van der Waals surface area contributed by atoms with Gasteiger partial charge in [0.1, 0.15) is 0 Å². The van der Waals surface area contributed by atoms with Gasteiger partial charge >= 0.3 is 94.6 Å². The van der Waals surface area contributed by atoms with E-state index in [0.717, 1.165) is 25.7 Å². The van der Waals surface area contributed by atoms with Gasteiger partial charge in [-0.15, -0.1) is 0 Å². The number of carbonyl (C=O) groups is 4. The molecule has 0 aromatic heterocycles. The van der Waals surface area contributed by atoms with Crippen LogP contribution in [0.15, 0.2) is 0 Å². The van der Waals surface area contributed by atoms with Crippen LogP contribution in [0.2, 0.25) is 0 Å². The molecule has 0 aromatic carbocycles. The third-order valence-electron chi connectivity index (χ3n) is 4.03. The molecule has 0 aromatic rings. The van der Waals surface area contributed by atoms with Crippen molar-refractivity contribution < 1.29 is 128 Å². The Morgan fingerprint density at radius 2 is 1.07 bits per heavy atom. The van der Waals surface area contributed by atoms with Crippen LogP contribution in [-0.2, 0) is 23.9 Å². The summed E-state index contributed by atoms with van der Waals surface area (Å²) in [7, 11) is 0. The average Bonchev–Trinajstić information content (AvgIpc) is 2.51. The molecule has 0 fully saturated rings. The largest absolute Gasteiger partial charge is 1.00 e. The Hall–Kier alpha value is 0.880. The molecule has 0 radical (unpaired) electrons. The van der Waals surface area contributed by atoms with E-state index in [2.05, 4.69) is 11.7 Å². The van der Waals surface area contributed by atoms with Gasteiger partial charge < -0.3 is 34.4 Å². The van der Waals surface area contributed by atoms with E-state index >= 15 is 0 Å². The molecule has 0 unspecified atom stereocenters. The second-order valence-corrected chi connectivity index (χ2v) is 6.43. The Morgan fingerprint density at radius 1 is 0.690 bits per heavy atom. The summed E-state index contributed by atoms with van der Waals surface area (Å²) in [4.78, 5) is 44.4. The maximum absolute atomic E-state index is 11.8. The molecule has 0 amide bonds. The van der Waals surface area contributed by atoms with E-state index in [1.54, 1.807) is 0 Å². The molecule has 11 heteroatoms. The maximum atomic E-state index is 11.8. The van der Waals surface area contributed by atoms with E-state index in [0.29, 0.717) is 6.42 Å². The Kier molecular flexibility index (Phi) is 28.3. The monoisotopic (exact) mass is 440 g/mol. The van der Waals surface area contributed by atoms with Gasteiger partial charge in [-0.05, 0) is 6.42 Å². The summed E-state index contributed by atoms with van der Waals surface area (Å²) in [5.74, 6) is -6.83. The SMILES string of the molecule is CCCCCCCCCCCC(=O)OC(CC(=O)[O-])(CC(=O)[O-])C(=O)[O-].[Na+].[Na+].[Na+]. The number of unbranched alkanes of at least 4 members (excludes halogenated alkanes) is 8. The van der Waals surface area contributed by atoms with Crippen molar-refractivity contribution in [1.82, 2.24) is 0 Å². The van der Waals surface area contributed by atoms with Crippen molar-refractivity contribution in [3.05, 3.63) is 0 Å². The Bertz CT molecular complexity index is 470. The summed E-state index contributed by atoms with van der Waals surface area (Å²) in [6, 6.07) is 0.